The zero-order valence-electron chi connectivity index (χ0n) is 16.5. The monoisotopic (exact) mass is 388 g/mol. The fourth-order valence-electron chi connectivity index (χ4n) is 3.26. The second-order valence-electron chi connectivity index (χ2n) is 7.01. The molecule has 0 aliphatic rings. The summed E-state index contributed by atoms with van der Waals surface area (Å²) in [5, 5.41) is 0.865. The van der Waals surface area contributed by atoms with Gasteiger partial charge in [0.15, 0.2) is 0 Å². The van der Waals surface area contributed by atoms with Crippen molar-refractivity contribution in [2.24, 2.45) is 0 Å². The van der Waals surface area contributed by atoms with Gasteiger partial charge in [0.1, 0.15) is 0 Å². The van der Waals surface area contributed by atoms with Crippen LogP contribution in [0.3, 0.4) is 0 Å². The average molecular weight is 389 g/mol. The molecule has 0 bridgehead atoms. The van der Waals surface area contributed by atoms with Crippen LogP contribution in [0.1, 0.15) is 50.8 Å². The van der Waals surface area contributed by atoms with E-state index in [4.69, 9.17) is 11.6 Å². The van der Waals surface area contributed by atoms with Crippen molar-refractivity contribution in [2.75, 3.05) is 26.2 Å². The van der Waals surface area contributed by atoms with E-state index in [-0.39, 0.29) is 7.43 Å². The molecule has 0 heterocycles. The Labute approximate surface area is 172 Å². The first kappa shape index (κ1) is 23.7. The summed E-state index contributed by atoms with van der Waals surface area (Å²) in [6.45, 7) is 13.1. The lowest BCUT2D eigenvalue weighted by molar-refractivity contribution is 0.237. The summed E-state index contributed by atoms with van der Waals surface area (Å²) in [4.78, 5) is 5.04. The van der Waals surface area contributed by atoms with Crippen LogP contribution in [0.5, 0.6) is 0 Å². The topological polar surface area (TPSA) is 6.48 Å². The molecule has 0 spiro atoms. The summed E-state index contributed by atoms with van der Waals surface area (Å²) in [6.07, 6.45) is 2.48. The maximum atomic E-state index is 6.33. The van der Waals surface area contributed by atoms with Crippen molar-refractivity contribution in [2.45, 2.75) is 54.1 Å². The SMILES string of the molecule is C.CCN(CC)CCCCN(Cc1ccccc1)Cc1ccc(C)c(Cl)c1. The van der Waals surface area contributed by atoms with Crippen LogP contribution in [0.15, 0.2) is 48.5 Å². The summed E-state index contributed by atoms with van der Waals surface area (Å²) in [6, 6.07) is 17.2. The maximum Gasteiger partial charge on any atom is 0.0438 e. The van der Waals surface area contributed by atoms with Gasteiger partial charge in [-0.1, -0.05) is 75.3 Å². The molecule has 0 saturated carbocycles. The van der Waals surface area contributed by atoms with E-state index in [1.165, 1.54) is 30.5 Å². The number of hydrogen-bond acceptors (Lipinski definition) is 2. The van der Waals surface area contributed by atoms with E-state index in [0.717, 1.165) is 43.3 Å². The molecule has 0 aromatic heterocycles. The largest absolute Gasteiger partial charge is 0.304 e. The highest BCUT2D eigenvalue weighted by Gasteiger charge is 2.09. The number of halogens is 1. The first-order valence-corrected chi connectivity index (χ1v) is 10.2. The molecular formula is C24H37ClN2. The maximum absolute atomic E-state index is 6.33. The molecule has 27 heavy (non-hydrogen) atoms. The Morgan fingerprint density at radius 2 is 1.37 bits per heavy atom. The lowest BCUT2D eigenvalue weighted by Gasteiger charge is -2.24. The minimum Gasteiger partial charge on any atom is -0.304 e. The first-order valence-electron chi connectivity index (χ1n) is 9.86. The standard InChI is InChI=1S/C23H33ClN2.CH4/c1-4-25(5-2)15-9-10-16-26(18-21-11-7-6-8-12-21)19-22-14-13-20(3)23(24)17-22;/h6-8,11-14,17H,4-5,9-10,15-16,18-19H2,1-3H3;1H4. The van der Waals surface area contributed by atoms with Gasteiger partial charge in [-0.2, -0.15) is 0 Å². The van der Waals surface area contributed by atoms with Crippen LogP contribution in [0, 0.1) is 6.92 Å². The van der Waals surface area contributed by atoms with Crippen LogP contribution in [-0.2, 0) is 13.1 Å². The summed E-state index contributed by atoms with van der Waals surface area (Å²) < 4.78 is 0. The highest BCUT2D eigenvalue weighted by molar-refractivity contribution is 6.31. The van der Waals surface area contributed by atoms with Crippen LogP contribution in [0.2, 0.25) is 5.02 Å². The molecular weight excluding hydrogens is 352 g/mol. The zero-order valence-corrected chi connectivity index (χ0v) is 17.3. The second-order valence-corrected chi connectivity index (χ2v) is 7.42. The number of nitrogens with zero attached hydrogens (tertiary/aromatic N) is 2. The molecule has 150 valence electrons. The number of hydrogen-bond donors (Lipinski definition) is 0. The molecule has 2 aromatic carbocycles. The van der Waals surface area contributed by atoms with Gasteiger partial charge in [0, 0.05) is 18.1 Å². The van der Waals surface area contributed by atoms with Crippen molar-refractivity contribution in [1.29, 1.82) is 0 Å². The van der Waals surface area contributed by atoms with E-state index in [9.17, 15) is 0 Å². The number of aryl methyl sites for hydroxylation is 1. The van der Waals surface area contributed by atoms with Gasteiger partial charge < -0.3 is 4.90 Å². The van der Waals surface area contributed by atoms with Crippen molar-refractivity contribution in [3.63, 3.8) is 0 Å². The summed E-state index contributed by atoms with van der Waals surface area (Å²) in [5.41, 5.74) is 3.80. The van der Waals surface area contributed by atoms with Crippen LogP contribution in [0.4, 0.5) is 0 Å². The molecule has 2 nitrogen and oxygen atoms in total. The highest BCUT2D eigenvalue weighted by atomic mass is 35.5. The lowest BCUT2D eigenvalue weighted by atomic mass is 10.1. The van der Waals surface area contributed by atoms with Gasteiger partial charge in [-0.05, 0) is 68.7 Å². The summed E-state index contributed by atoms with van der Waals surface area (Å²) >= 11 is 6.33. The Balaban J connectivity index is 0.00000364. The van der Waals surface area contributed by atoms with Gasteiger partial charge >= 0.3 is 0 Å². The van der Waals surface area contributed by atoms with E-state index < -0.39 is 0 Å². The Kier molecular flexibility index (Phi) is 11.3. The molecule has 0 saturated heterocycles. The smallest absolute Gasteiger partial charge is 0.0438 e. The minimum absolute atomic E-state index is 0. The number of benzene rings is 2. The molecule has 0 radical (unpaired) electrons. The zero-order chi connectivity index (χ0) is 18.8. The molecule has 0 unspecified atom stereocenters. The van der Waals surface area contributed by atoms with Gasteiger partial charge in [0.2, 0.25) is 0 Å². The Hall–Kier alpha value is -1.35. The van der Waals surface area contributed by atoms with Crippen LogP contribution >= 0.6 is 11.6 Å². The van der Waals surface area contributed by atoms with Crippen molar-refractivity contribution >= 4 is 11.6 Å². The Morgan fingerprint density at radius 3 is 1.96 bits per heavy atom. The van der Waals surface area contributed by atoms with Gasteiger partial charge in [-0.15, -0.1) is 0 Å². The molecule has 3 heteroatoms. The molecule has 0 N–H and O–H groups in total. The Bertz CT molecular complexity index is 638. The van der Waals surface area contributed by atoms with E-state index in [2.05, 4.69) is 79.1 Å². The highest BCUT2D eigenvalue weighted by Crippen LogP contribution is 2.19. The van der Waals surface area contributed by atoms with Crippen molar-refractivity contribution in [1.82, 2.24) is 9.80 Å². The average Bonchev–Trinajstić information content (AvgIpc) is 2.65. The number of rotatable bonds is 11. The number of unbranched alkanes of at least 4 members (excludes halogenated alkanes) is 1. The molecule has 0 fully saturated rings. The van der Waals surface area contributed by atoms with Crippen LogP contribution in [0.25, 0.3) is 0 Å². The van der Waals surface area contributed by atoms with Crippen LogP contribution in [-0.4, -0.2) is 36.0 Å². The van der Waals surface area contributed by atoms with Gasteiger partial charge in [-0.3, -0.25) is 4.90 Å². The quantitative estimate of drug-likeness (QED) is 0.410. The summed E-state index contributed by atoms with van der Waals surface area (Å²) in [5.74, 6) is 0. The fourth-order valence-corrected chi connectivity index (χ4v) is 3.46. The van der Waals surface area contributed by atoms with E-state index in [0.29, 0.717) is 0 Å². The second kappa shape index (κ2) is 12.9. The minimum atomic E-state index is 0. The van der Waals surface area contributed by atoms with Gasteiger partial charge in [-0.25, -0.2) is 0 Å². The third-order valence-corrected chi connectivity index (χ3v) is 5.39. The lowest BCUT2D eigenvalue weighted by Crippen LogP contribution is -2.27. The van der Waals surface area contributed by atoms with Gasteiger partial charge in [0.05, 0.1) is 0 Å². The normalized spacial score (nSPS) is 11.0. The predicted octanol–water partition coefficient (Wildman–Crippen LogP) is 6.41. The van der Waals surface area contributed by atoms with Gasteiger partial charge in [0.25, 0.3) is 0 Å². The molecule has 0 aliphatic heterocycles. The molecule has 0 aliphatic carbocycles. The van der Waals surface area contributed by atoms with E-state index in [1.54, 1.807) is 0 Å². The predicted molar refractivity (Wildman–Crippen MR) is 120 cm³/mol. The summed E-state index contributed by atoms with van der Waals surface area (Å²) in [7, 11) is 0. The fraction of sp³-hybridized carbons (Fsp3) is 0.500. The van der Waals surface area contributed by atoms with E-state index in [1.807, 2.05) is 0 Å². The van der Waals surface area contributed by atoms with Crippen molar-refractivity contribution < 1.29 is 0 Å². The Morgan fingerprint density at radius 1 is 0.778 bits per heavy atom. The van der Waals surface area contributed by atoms with Crippen molar-refractivity contribution in [3.05, 3.63) is 70.2 Å². The molecule has 0 amide bonds. The van der Waals surface area contributed by atoms with Crippen LogP contribution < -0.4 is 0 Å². The van der Waals surface area contributed by atoms with E-state index >= 15 is 0 Å². The first-order chi connectivity index (χ1) is 12.6. The molecule has 2 aromatic rings. The third kappa shape index (κ3) is 8.47. The molecule has 0 atom stereocenters. The third-order valence-electron chi connectivity index (χ3n) is 4.98. The van der Waals surface area contributed by atoms with Crippen molar-refractivity contribution in [3.8, 4) is 0 Å². The molecule has 2 rings (SSSR count).